The molecule has 1 atom stereocenters. The summed E-state index contributed by atoms with van der Waals surface area (Å²) in [4.78, 5) is 20.2. The Hall–Kier alpha value is -2.21. The molecular weight excluding hydrogens is 372 g/mol. The normalized spacial score (nSPS) is 16.5. The summed E-state index contributed by atoms with van der Waals surface area (Å²) in [5, 5.41) is 3.29. The molecule has 1 aliphatic rings. The van der Waals surface area contributed by atoms with Gasteiger partial charge in [-0.15, -0.1) is 0 Å². The van der Waals surface area contributed by atoms with E-state index in [2.05, 4.69) is 65.2 Å². The van der Waals surface area contributed by atoms with E-state index in [4.69, 9.17) is 0 Å². The van der Waals surface area contributed by atoms with E-state index < -0.39 is 0 Å². The lowest BCUT2D eigenvalue weighted by molar-refractivity contribution is 0.0907. The molecule has 2 aromatic carbocycles. The Balaban J connectivity index is 1.66. The first kappa shape index (κ1) is 22.5. The monoisotopic (exact) mass is 408 g/mol. The summed E-state index contributed by atoms with van der Waals surface area (Å²) in [6.07, 6.45) is 0. The minimum atomic E-state index is -0.0162. The van der Waals surface area contributed by atoms with Crippen LogP contribution in [0, 0.1) is 0 Å². The Labute approximate surface area is 181 Å². The number of nitrogens with zero attached hydrogens (tertiary/aromatic N) is 3. The third-order valence-corrected chi connectivity index (χ3v) is 6.06. The van der Waals surface area contributed by atoms with E-state index in [1.54, 1.807) is 0 Å². The van der Waals surface area contributed by atoms with Gasteiger partial charge in [-0.1, -0.05) is 56.3 Å². The number of carbonyl (C=O) groups is 1. The molecule has 1 saturated heterocycles. The van der Waals surface area contributed by atoms with Gasteiger partial charge in [0.1, 0.15) is 0 Å². The Morgan fingerprint density at radius 3 is 2.20 bits per heavy atom. The Kier molecular flexibility index (Phi) is 8.43. The van der Waals surface area contributed by atoms with Crippen LogP contribution >= 0.6 is 0 Å². The number of rotatable bonds is 9. The Morgan fingerprint density at radius 1 is 0.967 bits per heavy atom. The third-order valence-electron chi connectivity index (χ3n) is 6.06. The van der Waals surface area contributed by atoms with Gasteiger partial charge >= 0.3 is 0 Å². The van der Waals surface area contributed by atoms with Gasteiger partial charge in [0.05, 0.1) is 6.04 Å². The highest BCUT2D eigenvalue weighted by atomic mass is 16.1. The molecule has 0 radical (unpaired) electrons. The predicted molar refractivity (Wildman–Crippen MR) is 124 cm³/mol. The van der Waals surface area contributed by atoms with Gasteiger partial charge < -0.3 is 10.2 Å². The number of piperazine rings is 1. The zero-order valence-corrected chi connectivity index (χ0v) is 18.7. The molecule has 3 rings (SSSR count). The summed E-state index contributed by atoms with van der Waals surface area (Å²) in [7, 11) is 2.16. The van der Waals surface area contributed by atoms with Crippen LogP contribution in [-0.4, -0.2) is 73.5 Å². The van der Waals surface area contributed by atoms with Crippen molar-refractivity contribution >= 4 is 5.91 Å². The van der Waals surface area contributed by atoms with E-state index in [1.165, 1.54) is 5.56 Å². The number of hydrogen-bond donors (Lipinski definition) is 1. The zero-order chi connectivity index (χ0) is 21.3. The fraction of sp³-hybridized carbons (Fsp3) is 0.480. The molecule has 1 heterocycles. The highest BCUT2D eigenvalue weighted by Gasteiger charge is 2.21. The van der Waals surface area contributed by atoms with Crippen molar-refractivity contribution in [2.75, 3.05) is 52.9 Å². The maximum atomic E-state index is 13.0. The lowest BCUT2D eigenvalue weighted by atomic mass is 10.0. The van der Waals surface area contributed by atoms with Crippen LogP contribution in [-0.2, 0) is 6.54 Å². The summed E-state index contributed by atoms with van der Waals surface area (Å²) >= 11 is 0. The molecule has 1 fully saturated rings. The van der Waals surface area contributed by atoms with Crippen molar-refractivity contribution < 1.29 is 4.79 Å². The molecule has 1 aliphatic heterocycles. The molecule has 162 valence electrons. The second-order valence-electron chi connectivity index (χ2n) is 8.20. The molecule has 0 saturated carbocycles. The van der Waals surface area contributed by atoms with Crippen LogP contribution in [0.5, 0.6) is 0 Å². The maximum absolute atomic E-state index is 13.0. The van der Waals surface area contributed by atoms with Crippen molar-refractivity contribution in [2.45, 2.75) is 26.4 Å². The highest BCUT2D eigenvalue weighted by Crippen LogP contribution is 2.17. The Bertz CT molecular complexity index is 765. The second kappa shape index (κ2) is 11.3. The summed E-state index contributed by atoms with van der Waals surface area (Å²) in [5.41, 5.74) is 3.12. The molecule has 0 spiro atoms. The molecule has 1 unspecified atom stereocenters. The van der Waals surface area contributed by atoms with E-state index in [0.29, 0.717) is 0 Å². The van der Waals surface area contributed by atoms with Crippen molar-refractivity contribution in [3.05, 3.63) is 71.3 Å². The first-order chi connectivity index (χ1) is 14.6. The van der Waals surface area contributed by atoms with Crippen molar-refractivity contribution in [3.8, 4) is 0 Å². The summed E-state index contributed by atoms with van der Waals surface area (Å²) in [6.45, 7) is 12.4. The topological polar surface area (TPSA) is 38.8 Å². The van der Waals surface area contributed by atoms with Gasteiger partial charge in [-0.25, -0.2) is 0 Å². The van der Waals surface area contributed by atoms with Gasteiger partial charge in [0.15, 0.2) is 0 Å². The highest BCUT2D eigenvalue weighted by molar-refractivity contribution is 5.94. The molecular formula is C25H36N4O. The molecule has 1 amide bonds. The summed E-state index contributed by atoms with van der Waals surface area (Å²) in [5.74, 6) is -0.00707. The molecule has 0 bridgehead atoms. The molecule has 0 aromatic heterocycles. The van der Waals surface area contributed by atoms with Gasteiger partial charge in [-0.3, -0.25) is 14.6 Å². The third kappa shape index (κ3) is 6.39. The minimum Gasteiger partial charge on any atom is -0.344 e. The van der Waals surface area contributed by atoms with Gasteiger partial charge in [0.25, 0.3) is 5.91 Å². The maximum Gasteiger partial charge on any atom is 0.251 e. The van der Waals surface area contributed by atoms with Crippen molar-refractivity contribution in [2.24, 2.45) is 0 Å². The summed E-state index contributed by atoms with van der Waals surface area (Å²) < 4.78 is 0. The minimum absolute atomic E-state index is 0.00707. The number of nitrogens with one attached hydrogen (secondary N) is 1. The van der Waals surface area contributed by atoms with E-state index >= 15 is 0 Å². The van der Waals surface area contributed by atoms with Crippen LogP contribution in [0.3, 0.4) is 0 Å². The van der Waals surface area contributed by atoms with Crippen molar-refractivity contribution in [1.29, 1.82) is 0 Å². The average Bonchev–Trinajstić information content (AvgIpc) is 2.79. The van der Waals surface area contributed by atoms with Crippen LogP contribution in [0.15, 0.2) is 54.6 Å². The van der Waals surface area contributed by atoms with Crippen LogP contribution in [0.4, 0.5) is 0 Å². The lowest BCUT2D eigenvalue weighted by Crippen LogP contribution is -2.47. The molecule has 5 heteroatoms. The van der Waals surface area contributed by atoms with Gasteiger partial charge in [0.2, 0.25) is 0 Å². The van der Waals surface area contributed by atoms with Gasteiger partial charge in [0, 0.05) is 44.8 Å². The van der Waals surface area contributed by atoms with E-state index in [1.807, 2.05) is 30.3 Å². The second-order valence-corrected chi connectivity index (χ2v) is 8.20. The molecule has 30 heavy (non-hydrogen) atoms. The quantitative estimate of drug-likeness (QED) is 0.691. The van der Waals surface area contributed by atoms with Crippen LogP contribution < -0.4 is 5.32 Å². The summed E-state index contributed by atoms with van der Waals surface area (Å²) in [6, 6.07) is 18.3. The largest absolute Gasteiger partial charge is 0.344 e. The molecule has 1 N–H and O–H groups in total. The number of carbonyl (C=O) groups excluding carboxylic acids is 1. The predicted octanol–water partition coefficient (Wildman–Crippen LogP) is 3.25. The lowest BCUT2D eigenvalue weighted by Gasteiger charge is -2.35. The van der Waals surface area contributed by atoms with E-state index in [0.717, 1.165) is 63.5 Å². The molecule has 5 nitrogen and oxygen atoms in total. The standard InChI is InChI=1S/C25H36N4O/c1-4-28(5-2)19-21-11-13-23(14-12-21)25(30)26-24(22-9-7-6-8-10-22)20-29-17-15-27(3)16-18-29/h6-14,24H,4-5,15-20H2,1-3H3,(H,26,30). The fourth-order valence-corrected chi connectivity index (χ4v) is 3.92. The molecule has 2 aromatic rings. The SMILES string of the molecule is CCN(CC)Cc1ccc(C(=O)NC(CN2CCN(C)CC2)c2ccccc2)cc1. The van der Waals surface area contributed by atoms with Crippen LogP contribution in [0.1, 0.15) is 41.4 Å². The molecule has 0 aliphatic carbocycles. The van der Waals surface area contributed by atoms with Crippen LogP contribution in [0.2, 0.25) is 0 Å². The van der Waals surface area contributed by atoms with Gasteiger partial charge in [-0.05, 0) is 43.4 Å². The smallest absolute Gasteiger partial charge is 0.251 e. The Morgan fingerprint density at radius 2 is 1.60 bits per heavy atom. The van der Waals surface area contributed by atoms with Gasteiger partial charge in [-0.2, -0.15) is 0 Å². The first-order valence-electron chi connectivity index (χ1n) is 11.2. The number of benzene rings is 2. The average molecular weight is 409 g/mol. The number of hydrogen-bond acceptors (Lipinski definition) is 4. The van der Waals surface area contributed by atoms with Crippen LogP contribution in [0.25, 0.3) is 0 Å². The van der Waals surface area contributed by atoms with Crippen molar-refractivity contribution in [3.63, 3.8) is 0 Å². The first-order valence-corrected chi connectivity index (χ1v) is 11.2. The number of amides is 1. The number of likely N-dealkylation sites (N-methyl/N-ethyl adjacent to an activating group) is 1. The fourth-order valence-electron chi connectivity index (χ4n) is 3.92. The van der Waals surface area contributed by atoms with E-state index in [-0.39, 0.29) is 11.9 Å². The van der Waals surface area contributed by atoms with E-state index in [9.17, 15) is 4.79 Å². The zero-order valence-electron chi connectivity index (χ0n) is 18.7. The van der Waals surface area contributed by atoms with Crippen molar-refractivity contribution in [1.82, 2.24) is 20.0 Å².